The maximum Gasteiger partial charge on any atom is 0.223 e. The van der Waals surface area contributed by atoms with E-state index in [2.05, 4.69) is 10.3 Å². The summed E-state index contributed by atoms with van der Waals surface area (Å²) in [4.78, 5) is 16.4. The van der Waals surface area contributed by atoms with E-state index >= 15 is 0 Å². The fourth-order valence-corrected chi connectivity index (χ4v) is 2.84. The molecule has 1 aliphatic rings. The molecule has 0 aliphatic heterocycles. The van der Waals surface area contributed by atoms with Crippen LogP contribution < -0.4 is 5.32 Å². The van der Waals surface area contributed by atoms with Crippen molar-refractivity contribution in [3.05, 3.63) is 42.3 Å². The molecule has 0 bridgehead atoms. The molecule has 0 saturated heterocycles. The zero-order valence-electron chi connectivity index (χ0n) is 12.0. The number of amides is 1. The van der Waals surface area contributed by atoms with E-state index < -0.39 is 0 Å². The first-order valence-corrected chi connectivity index (χ1v) is 7.59. The van der Waals surface area contributed by atoms with Gasteiger partial charge in [-0.1, -0.05) is 19.3 Å². The first kappa shape index (κ1) is 13.9. The van der Waals surface area contributed by atoms with Crippen molar-refractivity contribution in [2.24, 2.45) is 5.92 Å². The van der Waals surface area contributed by atoms with Crippen LogP contribution in [0, 0.1) is 5.92 Å². The minimum Gasteiger partial charge on any atom is -0.463 e. The number of carbonyl (C=O) groups is 1. The minimum absolute atomic E-state index is 0.186. The van der Waals surface area contributed by atoms with Gasteiger partial charge in [-0.3, -0.25) is 9.78 Å². The Morgan fingerprint density at radius 1 is 1.29 bits per heavy atom. The fourth-order valence-electron chi connectivity index (χ4n) is 2.84. The number of pyridine rings is 1. The number of carbonyl (C=O) groups excluding carboxylic acids is 1. The van der Waals surface area contributed by atoms with Crippen molar-refractivity contribution in [2.45, 2.75) is 38.6 Å². The van der Waals surface area contributed by atoms with Crippen LogP contribution in [0.5, 0.6) is 0 Å². The van der Waals surface area contributed by atoms with Gasteiger partial charge in [-0.15, -0.1) is 0 Å². The summed E-state index contributed by atoms with van der Waals surface area (Å²) in [6.45, 7) is 0.547. The molecule has 3 rings (SSSR count). The van der Waals surface area contributed by atoms with Gasteiger partial charge in [0.1, 0.15) is 5.69 Å². The van der Waals surface area contributed by atoms with E-state index in [-0.39, 0.29) is 11.8 Å². The molecule has 0 radical (unpaired) electrons. The van der Waals surface area contributed by atoms with Crippen LogP contribution in [-0.2, 0) is 11.3 Å². The number of hydrogen-bond acceptors (Lipinski definition) is 3. The lowest BCUT2D eigenvalue weighted by molar-refractivity contribution is -0.126. The monoisotopic (exact) mass is 284 g/mol. The molecule has 1 N–H and O–H groups in total. The second kappa shape index (κ2) is 6.57. The number of nitrogens with zero attached hydrogens (tertiary/aromatic N) is 1. The Kier molecular flexibility index (Phi) is 4.34. The predicted octanol–water partition coefficient (Wildman–Crippen LogP) is 3.54. The molecule has 21 heavy (non-hydrogen) atoms. The average molecular weight is 284 g/mol. The van der Waals surface area contributed by atoms with Crippen LogP contribution in [0.4, 0.5) is 0 Å². The number of hydrogen-bond donors (Lipinski definition) is 1. The van der Waals surface area contributed by atoms with E-state index in [9.17, 15) is 4.79 Å². The van der Waals surface area contributed by atoms with Gasteiger partial charge in [0, 0.05) is 18.7 Å². The van der Waals surface area contributed by atoms with E-state index in [1.54, 1.807) is 12.5 Å². The molecule has 2 aromatic heterocycles. The molecular formula is C17H20N2O2. The second-order valence-electron chi connectivity index (χ2n) is 5.58. The summed E-state index contributed by atoms with van der Waals surface area (Å²) in [6, 6.07) is 7.61. The molecule has 1 fully saturated rings. The Balaban J connectivity index is 1.60. The lowest BCUT2D eigenvalue weighted by Gasteiger charge is -2.20. The zero-order valence-corrected chi connectivity index (χ0v) is 12.0. The van der Waals surface area contributed by atoms with Gasteiger partial charge >= 0.3 is 0 Å². The third-order valence-corrected chi connectivity index (χ3v) is 4.04. The zero-order chi connectivity index (χ0) is 14.5. The highest BCUT2D eigenvalue weighted by atomic mass is 16.3. The van der Waals surface area contributed by atoms with E-state index in [1.165, 1.54) is 19.3 Å². The van der Waals surface area contributed by atoms with Crippen molar-refractivity contribution < 1.29 is 9.21 Å². The summed E-state index contributed by atoms with van der Waals surface area (Å²) in [6.07, 6.45) is 9.06. The molecule has 2 heterocycles. The van der Waals surface area contributed by atoms with Crippen molar-refractivity contribution in [3.8, 4) is 11.5 Å². The van der Waals surface area contributed by atoms with E-state index in [0.29, 0.717) is 6.54 Å². The standard InChI is InChI=1S/C17H20N2O2/c20-17(14-5-2-1-3-6-14)19-12-13-8-9-18-15(11-13)16-7-4-10-21-16/h4,7-11,14H,1-3,5-6,12H2,(H,19,20). The third kappa shape index (κ3) is 3.51. The molecule has 4 nitrogen and oxygen atoms in total. The Hall–Kier alpha value is -2.10. The van der Waals surface area contributed by atoms with Crippen molar-refractivity contribution in [1.29, 1.82) is 0 Å². The number of rotatable bonds is 4. The molecule has 2 aromatic rings. The number of furan rings is 1. The summed E-state index contributed by atoms with van der Waals surface area (Å²) < 4.78 is 5.35. The highest BCUT2D eigenvalue weighted by molar-refractivity contribution is 5.78. The highest BCUT2D eigenvalue weighted by Crippen LogP contribution is 2.24. The topological polar surface area (TPSA) is 55.1 Å². The summed E-state index contributed by atoms with van der Waals surface area (Å²) >= 11 is 0. The largest absolute Gasteiger partial charge is 0.463 e. The molecule has 110 valence electrons. The summed E-state index contributed by atoms with van der Waals surface area (Å²) in [5.41, 5.74) is 1.84. The van der Waals surface area contributed by atoms with Crippen LogP contribution in [0.25, 0.3) is 11.5 Å². The molecule has 0 unspecified atom stereocenters. The van der Waals surface area contributed by atoms with Gasteiger partial charge in [-0.25, -0.2) is 0 Å². The van der Waals surface area contributed by atoms with Gasteiger partial charge in [-0.05, 0) is 42.7 Å². The normalized spacial score (nSPS) is 15.8. The van der Waals surface area contributed by atoms with Crippen LogP contribution >= 0.6 is 0 Å². The Morgan fingerprint density at radius 2 is 2.14 bits per heavy atom. The SMILES string of the molecule is O=C(NCc1ccnc(-c2ccco2)c1)C1CCCCC1. The molecule has 1 saturated carbocycles. The maximum absolute atomic E-state index is 12.1. The van der Waals surface area contributed by atoms with Crippen LogP contribution in [0.3, 0.4) is 0 Å². The third-order valence-electron chi connectivity index (χ3n) is 4.04. The van der Waals surface area contributed by atoms with Crippen molar-refractivity contribution >= 4 is 5.91 Å². The first-order chi connectivity index (χ1) is 10.3. The summed E-state index contributed by atoms with van der Waals surface area (Å²) in [5, 5.41) is 3.04. The Labute approximate surface area is 124 Å². The predicted molar refractivity (Wildman–Crippen MR) is 80.4 cm³/mol. The lowest BCUT2D eigenvalue weighted by Crippen LogP contribution is -2.31. The molecule has 0 aromatic carbocycles. The van der Waals surface area contributed by atoms with Crippen molar-refractivity contribution in [3.63, 3.8) is 0 Å². The Bertz CT molecular complexity index is 587. The summed E-state index contributed by atoms with van der Waals surface area (Å²) in [7, 11) is 0. The lowest BCUT2D eigenvalue weighted by atomic mass is 9.88. The number of nitrogens with one attached hydrogen (secondary N) is 1. The highest BCUT2D eigenvalue weighted by Gasteiger charge is 2.20. The molecular weight excluding hydrogens is 264 g/mol. The van der Waals surface area contributed by atoms with Crippen LogP contribution in [-0.4, -0.2) is 10.9 Å². The maximum atomic E-state index is 12.1. The quantitative estimate of drug-likeness (QED) is 0.934. The van der Waals surface area contributed by atoms with E-state index in [4.69, 9.17) is 4.42 Å². The Morgan fingerprint density at radius 3 is 2.90 bits per heavy atom. The van der Waals surface area contributed by atoms with Gasteiger partial charge in [0.15, 0.2) is 5.76 Å². The number of aromatic nitrogens is 1. The smallest absolute Gasteiger partial charge is 0.223 e. The minimum atomic E-state index is 0.186. The van der Waals surface area contributed by atoms with Crippen LogP contribution in [0.2, 0.25) is 0 Å². The van der Waals surface area contributed by atoms with E-state index in [0.717, 1.165) is 29.9 Å². The molecule has 4 heteroatoms. The average Bonchev–Trinajstić information content (AvgIpc) is 3.08. The van der Waals surface area contributed by atoms with Crippen molar-refractivity contribution in [2.75, 3.05) is 0 Å². The van der Waals surface area contributed by atoms with Gasteiger partial charge in [0.2, 0.25) is 5.91 Å². The first-order valence-electron chi connectivity index (χ1n) is 7.59. The van der Waals surface area contributed by atoms with Gasteiger partial charge < -0.3 is 9.73 Å². The van der Waals surface area contributed by atoms with Gasteiger partial charge in [0.05, 0.1) is 6.26 Å². The fraction of sp³-hybridized carbons (Fsp3) is 0.412. The second-order valence-corrected chi connectivity index (χ2v) is 5.58. The molecule has 1 aliphatic carbocycles. The molecule has 1 amide bonds. The van der Waals surface area contributed by atoms with Gasteiger partial charge in [-0.2, -0.15) is 0 Å². The molecule has 0 atom stereocenters. The van der Waals surface area contributed by atoms with Crippen LogP contribution in [0.1, 0.15) is 37.7 Å². The van der Waals surface area contributed by atoms with Crippen molar-refractivity contribution in [1.82, 2.24) is 10.3 Å². The van der Waals surface area contributed by atoms with Crippen LogP contribution in [0.15, 0.2) is 41.1 Å². The molecule has 0 spiro atoms. The summed E-state index contributed by atoms with van der Waals surface area (Å²) in [5.74, 6) is 1.13. The van der Waals surface area contributed by atoms with E-state index in [1.807, 2.05) is 24.3 Å². The van der Waals surface area contributed by atoms with Gasteiger partial charge in [0.25, 0.3) is 0 Å².